The van der Waals surface area contributed by atoms with Crippen LogP contribution in [-0.4, -0.2) is 141 Å². The van der Waals surface area contributed by atoms with Crippen molar-refractivity contribution in [2.24, 2.45) is 0 Å². The van der Waals surface area contributed by atoms with Crippen molar-refractivity contribution >= 4 is 24.0 Å². The zero-order chi connectivity index (χ0) is 50.0. The van der Waals surface area contributed by atoms with Crippen LogP contribution < -0.4 is 0 Å². The van der Waals surface area contributed by atoms with E-state index < -0.39 is 46.7 Å². The van der Waals surface area contributed by atoms with Gasteiger partial charge in [-0.3, -0.25) is 9.59 Å². The van der Waals surface area contributed by atoms with E-state index in [4.69, 9.17) is 0 Å². The molecule has 0 aliphatic carbocycles. The van der Waals surface area contributed by atoms with E-state index in [1.165, 1.54) is 54.6 Å². The number of halogens is 6. The molecule has 0 bridgehead atoms. The van der Waals surface area contributed by atoms with Gasteiger partial charge in [0.25, 0.3) is 0 Å². The Labute approximate surface area is 405 Å². The van der Waals surface area contributed by atoms with Crippen LogP contribution in [0.4, 0.5) is 26.3 Å². The van der Waals surface area contributed by atoms with Gasteiger partial charge in [0.2, 0.25) is 11.8 Å². The number of rotatable bonds is 12. The summed E-state index contributed by atoms with van der Waals surface area (Å²) in [4.78, 5) is 32.4. The van der Waals surface area contributed by atoms with Gasteiger partial charge in [0, 0.05) is 57.5 Å². The minimum Gasteiger partial charge on any atom is -0.389 e. The molecule has 2 atom stereocenters. The number of nitrogens with zero attached hydrogens (tertiary/aromatic N) is 4. The van der Waals surface area contributed by atoms with Gasteiger partial charge >= 0.3 is 0 Å². The molecule has 0 saturated carbocycles. The Morgan fingerprint density at radius 1 is 0.500 bits per heavy atom. The van der Waals surface area contributed by atoms with Gasteiger partial charge in [0.05, 0.1) is 23.4 Å². The summed E-state index contributed by atoms with van der Waals surface area (Å²) in [6.45, 7) is 4.99. The molecule has 0 spiro atoms. The van der Waals surface area contributed by atoms with E-state index in [0.29, 0.717) is 43.6 Å². The molecule has 8 rings (SSSR count). The maximum atomic E-state index is 13.3. The van der Waals surface area contributed by atoms with Gasteiger partial charge in [0.1, 0.15) is 23.3 Å². The molecule has 2 amide bonds. The minimum absolute atomic E-state index is 0.241. The number of hydrogen-bond acceptors (Lipinski definition) is 8. The number of carbonyl (C=O) groups is 2. The Kier molecular flexibility index (Phi) is 17.8. The lowest BCUT2D eigenvalue weighted by atomic mass is 9.84. The van der Waals surface area contributed by atoms with Crippen LogP contribution in [0.2, 0.25) is 0 Å². The second-order valence-corrected chi connectivity index (χ2v) is 19.2. The monoisotopic (exact) mass is 976 g/mol. The Morgan fingerprint density at radius 2 is 0.886 bits per heavy atom. The number of aliphatic hydroxyl groups is 4. The fraction of sp³-hybridized carbons (Fsp3) is 0.444. The third kappa shape index (κ3) is 14.2. The van der Waals surface area contributed by atoms with E-state index >= 15 is 0 Å². The van der Waals surface area contributed by atoms with Crippen molar-refractivity contribution in [2.45, 2.75) is 86.6 Å². The van der Waals surface area contributed by atoms with Crippen LogP contribution in [-0.2, 0) is 9.59 Å². The Hall–Kier alpha value is -5.36. The lowest BCUT2D eigenvalue weighted by molar-refractivity contribution is -0.140. The first-order chi connectivity index (χ1) is 33.4. The van der Waals surface area contributed by atoms with Crippen LogP contribution in [0.5, 0.6) is 0 Å². The van der Waals surface area contributed by atoms with Crippen LogP contribution in [0.25, 0.3) is 12.2 Å². The smallest absolute Gasteiger partial charge is 0.246 e. The molecule has 16 heteroatoms. The Bertz CT molecular complexity index is 2410. The van der Waals surface area contributed by atoms with Crippen LogP contribution in [0.1, 0.15) is 85.5 Å². The first-order valence-corrected chi connectivity index (χ1v) is 24.1. The summed E-state index contributed by atoms with van der Waals surface area (Å²) in [5.41, 5.74) is 0.334. The van der Waals surface area contributed by atoms with Crippen molar-refractivity contribution in [2.75, 3.05) is 65.4 Å². The number of piperidine rings is 4. The van der Waals surface area contributed by atoms with E-state index in [2.05, 4.69) is 9.80 Å². The Morgan fingerprint density at radius 3 is 1.27 bits per heavy atom. The van der Waals surface area contributed by atoms with E-state index in [-0.39, 0.29) is 67.8 Å². The summed E-state index contributed by atoms with van der Waals surface area (Å²) in [6, 6.07) is 19.7. The van der Waals surface area contributed by atoms with Crippen molar-refractivity contribution in [1.29, 1.82) is 0 Å². The number of likely N-dealkylation sites (tertiary alicyclic amines) is 4. The van der Waals surface area contributed by atoms with Crippen molar-refractivity contribution in [1.82, 2.24) is 19.6 Å². The zero-order valence-corrected chi connectivity index (χ0v) is 39.1. The second-order valence-electron chi connectivity index (χ2n) is 19.2. The summed E-state index contributed by atoms with van der Waals surface area (Å²) >= 11 is 0. The van der Waals surface area contributed by atoms with Crippen LogP contribution in [0.15, 0.2) is 97.1 Å². The van der Waals surface area contributed by atoms with Crippen molar-refractivity contribution in [3.05, 3.63) is 154 Å². The number of carbonyl (C=O) groups excluding carboxylic acids is 2. The molecule has 0 aromatic heterocycles. The average molecular weight is 977 g/mol. The third-order valence-electron chi connectivity index (χ3n) is 14.5. The first kappa shape index (κ1) is 52.5. The molecular formula is C54H62F6N4O6. The first-order valence-electron chi connectivity index (χ1n) is 24.1. The van der Waals surface area contributed by atoms with E-state index in [0.717, 1.165) is 93.3 Å². The van der Waals surface area contributed by atoms with E-state index in [1.807, 2.05) is 24.3 Å². The van der Waals surface area contributed by atoms with Gasteiger partial charge in [-0.1, -0.05) is 30.3 Å². The summed E-state index contributed by atoms with van der Waals surface area (Å²) in [6.07, 6.45) is 8.11. The molecule has 10 nitrogen and oxygen atoms in total. The molecule has 4 saturated heterocycles. The standard InChI is InChI=1S/2C27H31F3N2O3/c28-22-5-3-20(4-6-22)21-9-13-31(14-10-21)18-25(33)27(35)11-15-32(16-12-27)26(34)8-2-19-1-7-23(29)24(30)17-19;28-22-4-2-20(3-5-22)21-7-11-31(12-8-21)18-25(33)27(35)9-13-32(14-10-27)26(34)6-1-19-15-23(29)17-24(30)16-19/h1-8,17,21,25,33,35H,9-16,18H2;1-6,15-17,21,25,33,35H,7-14,18H2/b8-2+;6-1+. The fourth-order valence-electron chi connectivity index (χ4n) is 9.92. The largest absolute Gasteiger partial charge is 0.389 e. The Balaban J connectivity index is 0.000000206. The minimum atomic E-state index is -1.28. The van der Waals surface area contributed by atoms with Gasteiger partial charge in [0.15, 0.2) is 11.6 Å². The van der Waals surface area contributed by atoms with Gasteiger partial charge in [-0.25, -0.2) is 26.3 Å². The molecule has 4 aromatic rings. The predicted molar refractivity (Wildman–Crippen MR) is 254 cm³/mol. The van der Waals surface area contributed by atoms with E-state index in [1.54, 1.807) is 9.80 Å². The van der Waals surface area contributed by atoms with Crippen molar-refractivity contribution in [3.63, 3.8) is 0 Å². The fourth-order valence-corrected chi connectivity index (χ4v) is 9.92. The molecule has 2 unspecified atom stereocenters. The molecule has 4 aliphatic rings. The summed E-state index contributed by atoms with van der Waals surface area (Å²) in [7, 11) is 0. The molecule has 4 heterocycles. The van der Waals surface area contributed by atoms with Crippen LogP contribution >= 0.6 is 0 Å². The molecule has 0 radical (unpaired) electrons. The number of benzene rings is 4. The van der Waals surface area contributed by atoms with Crippen molar-refractivity contribution < 1.29 is 56.4 Å². The molecule has 4 aliphatic heterocycles. The zero-order valence-electron chi connectivity index (χ0n) is 39.1. The number of hydrogen-bond donors (Lipinski definition) is 4. The predicted octanol–water partition coefficient (Wildman–Crippen LogP) is 7.42. The maximum Gasteiger partial charge on any atom is 0.246 e. The number of β-amino-alcohol motifs (C(OH)–C–C–N with tert-alkyl or cyclic N) is 2. The molecule has 4 N–H and O–H groups in total. The van der Waals surface area contributed by atoms with Gasteiger partial charge < -0.3 is 40.0 Å². The van der Waals surface area contributed by atoms with Crippen LogP contribution in [0, 0.1) is 34.9 Å². The molecule has 70 heavy (non-hydrogen) atoms. The van der Waals surface area contributed by atoms with Crippen molar-refractivity contribution in [3.8, 4) is 0 Å². The average Bonchev–Trinajstić information content (AvgIpc) is 3.35. The van der Waals surface area contributed by atoms with Gasteiger partial charge in [-0.15, -0.1) is 0 Å². The maximum absolute atomic E-state index is 13.3. The highest BCUT2D eigenvalue weighted by atomic mass is 19.2. The lowest BCUT2D eigenvalue weighted by Crippen LogP contribution is -2.56. The third-order valence-corrected chi connectivity index (χ3v) is 14.5. The summed E-state index contributed by atoms with van der Waals surface area (Å²) < 4.78 is 79.3. The molecule has 4 aromatic carbocycles. The SMILES string of the molecule is O=C(/C=C/c1cc(F)cc(F)c1)N1CCC(O)(C(O)CN2CCC(c3ccc(F)cc3)CC2)CC1.O=C(/C=C/c1ccc(F)c(F)c1)N1CCC(O)(C(O)CN2CCC(c3ccc(F)cc3)CC2)CC1. The van der Waals surface area contributed by atoms with Gasteiger partial charge in [-0.05, 0) is 172 Å². The topological polar surface area (TPSA) is 128 Å². The highest BCUT2D eigenvalue weighted by molar-refractivity contribution is 5.92. The van der Waals surface area contributed by atoms with Crippen LogP contribution in [0.3, 0.4) is 0 Å². The quantitative estimate of drug-likeness (QED) is 0.0854. The summed E-state index contributed by atoms with van der Waals surface area (Å²) in [5.74, 6) is -3.70. The number of aliphatic hydroxyl groups excluding tert-OH is 2. The van der Waals surface area contributed by atoms with E-state index in [9.17, 15) is 56.4 Å². The number of amides is 2. The lowest BCUT2D eigenvalue weighted by Gasteiger charge is -2.43. The molecule has 376 valence electrons. The normalized spacial score (nSPS) is 20.3. The molecular weight excluding hydrogens is 915 g/mol. The highest BCUT2D eigenvalue weighted by Gasteiger charge is 2.42. The summed E-state index contributed by atoms with van der Waals surface area (Å²) in [5, 5.41) is 43.7. The van der Waals surface area contributed by atoms with Gasteiger partial charge in [-0.2, -0.15) is 0 Å². The molecule has 4 fully saturated rings. The highest BCUT2D eigenvalue weighted by Crippen LogP contribution is 2.33. The second kappa shape index (κ2) is 23.7.